The predicted octanol–water partition coefficient (Wildman–Crippen LogP) is 4.99. The molecule has 2 amide bonds. The molecule has 0 bridgehead atoms. The highest BCUT2D eigenvalue weighted by Crippen LogP contribution is 2.52. The highest BCUT2D eigenvalue weighted by atomic mass is 16.5. The second kappa shape index (κ2) is 7.09. The van der Waals surface area contributed by atoms with Gasteiger partial charge in [-0.3, -0.25) is 9.59 Å². The molecule has 3 aromatic carbocycles. The molecule has 5 heteroatoms. The number of carbonyl (C=O) groups is 2. The number of methoxy groups -OCH3 is 1. The van der Waals surface area contributed by atoms with E-state index in [2.05, 4.69) is 17.1 Å². The van der Waals surface area contributed by atoms with Gasteiger partial charge in [-0.25, -0.2) is 4.90 Å². The summed E-state index contributed by atoms with van der Waals surface area (Å²) in [5.41, 5.74) is 4.69. The first-order valence-corrected chi connectivity index (χ1v) is 10.8. The number of nitrogens with zero attached hydrogens (tertiary/aromatic N) is 1. The molecule has 6 rings (SSSR count). The van der Waals surface area contributed by atoms with Crippen LogP contribution < -0.4 is 9.64 Å². The highest BCUT2D eigenvalue weighted by Gasteiger charge is 2.54. The highest BCUT2D eigenvalue weighted by molar-refractivity contribution is 6.24. The van der Waals surface area contributed by atoms with E-state index in [1.54, 1.807) is 7.11 Å². The number of aromatic nitrogens is 1. The fourth-order valence-corrected chi connectivity index (χ4v) is 5.44. The van der Waals surface area contributed by atoms with E-state index in [4.69, 9.17) is 4.74 Å². The van der Waals surface area contributed by atoms with Crippen molar-refractivity contribution in [3.8, 4) is 5.75 Å². The molecule has 158 valence electrons. The first kappa shape index (κ1) is 18.9. The molecule has 5 nitrogen and oxygen atoms in total. The molecule has 1 N–H and O–H groups in total. The molecule has 1 saturated heterocycles. The minimum absolute atomic E-state index is 0.0146. The van der Waals surface area contributed by atoms with Crippen molar-refractivity contribution < 1.29 is 14.3 Å². The minimum atomic E-state index is -0.504. The van der Waals surface area contributed by atoms with Crippen molar-refractivity contribution in [2.24, 2.45) is 5.92 Å². The SMILES string of the molecule is COc1ccc2[nH]c3c(c2c1)[C@@H](c1ccccc1)C[C@H]1C(=O)N(c2ccccc2)C(=O)[C@@H]31. The first-order chi connectivity index (χ1) is 15.7. The summed E-state index contributed by atoms with van der Waals surface area (Å²) in [7, 11) is 1.65. The van der Waals surface area contributed by atoms with Crippen LogP contribution in [-0.2, 0) is 9.59 Å². The predicted molar refractivity (Wildman–Crippen MR) is 123 cm³/mol. The number of ether oxygens (including phenoxy) is 1. The Bertz CT molecular complexity index is 1340. The van der Waals surface area contributed by atoms with Gasteiger partial charge in [0, 0.05) is 22.5 Å². The van der Waals surface area contributed by atoms with Gasteiger partial charge >= 0.3 is 0 Å². The fourth-order valence-electron chi connectivity index (χ4n) is 5.44. The van der Waals surface area contributed by atoms with Gasteiger partial charge in [0.15, 0.2) is 0 Å². The summed E-state index contributed by atoms with van der Waals surface area (Å²) in [5.74, 6) is -0.383. The average Bonchev–Trinajstić information content (AvgIpc) is 3.34. The van der Waals surface area contributed by atoms with E-state index in [1.807, 2.05) is 66.7 Å². The number of carbonyl (C=O) groups excluding carboxylic acids is 2. The molecule has 0 unspecified atom stereocenters. The van der Waals surface area contributed by atoms with Crippen LogP contribution in [0.1, 0.15) is 35.1 Å². The molecule has 0 saturated carbocycles. The van der Waals surface area contributed by atoms with Gasteiger partial charge in [-0.2, -0.15) is 0 Å². The van der Waals surface area contributed by atoms with Crippen molar-refractivity contribution in [3.63, 3.8) is 0 Å². The first-order valence-electron chi connectivity index (χ1n) is 10.8. The van der Waals surface area contributed by atoms with Crippen LogP contribution in [0.15, 0.2) is 78.9 Å². The van der Waals surface area contributed by atoms with Crippen LogP contribution in [-0.4, -0.2) is 23.9 Å². The Balaban J connectivity index is 1.57. The number of hydrogen-bond donors (Lipinski definition) is 1. The topological polar surface area (TPSA) is 62.4 Å². The Labute approximate surface area is 185 Å². The Kier molecular flexibility index (Phi) is 4.18. The minimum Gasteiger partial charge on any atom is -0.497 e. The normalized spacial score (nSPS) is 22.2. The third-order valence-corrected chi connectivity index (χ3v) is 6.87. The van der Waals surface area contributed by atoms with Crippen LogP contribution >= 0.6 is 0 Å². The quantitative estimate of drug-likeness (QED) is 0.474. The van der Waals surface area contributed by atoms with E-state index in [1.165, 1.54) is 4.90 Å². The summed E-state index contributed by atoms with van der Waals surface area (Å²) in [5, 5.41) is 1.05. The van der Waals surface area contributed by atoms with Crippen LogP contribution in [0.5, 0.6) is 5.75 Å². The number of fused-ring (bicyclic) bond motifs is 5. The maximum absolute atomic E-state index is 13.6. The Morgan fingerprint density at radius 2 is 1.62 bits per heavy atom. The van der Waals surface area contributed by atoms with E-state index in [9.17, 15) is 9.59 Å². The van der Waals surface area contributed by atoms with Crippen molar-refractivity contribution in [3.05, 3.63) is 95.7 Å². The number of para-hydroxylation sites is 1. The van der Waals surface area contributed by atoms with Crippen molar-refractivity contribution in [1.29, 1.82) is 0 Å². The maximum atomic E-state index is 13.6. The number of benzene rings is 3. The average molecular weight is 422 g/mol. The third kappa shape index (κ3) is 2.64. The monoisotopic (exact) mass is 422 g/mol. The zero-order valence-corrected chi connectivity index (χ0v) is 17.6. The van der Waals surface area contributed by atoms with E-state index in [-0.39, 0.29) is 17.7 Å². The molecular formula is C27H22N2O3. The molecule has 2 aliphatic rings. The molecule has 0 radical (unpaired) electrons. The van der Waals surface area contributed by atoms with E-state index < -0.39 is 11.8 Å². The lowest BCUT2D eigenvalue weighted by Crippen LogP contribution is -2.30. The number of aromatic amines is 1. The van der Waals surface area contributed by atoms with Gasteiger partial charge in [0.2, 0.25) is 11.8 Å². The molecule has 1 aliphatic heterocycles. The van der Waals surface area contributed by atoms with Gasteiger partial charge in [-0.15, -0.1) is 0 Å². The molecular weight excluding hydrogens is 400 g/mol. The van der Waals surface area contributed by atoms with Crippen LogP contribution in [0.3, 0.4) is 0 Å². The Morgan fingerprint density at radius 1 is 0.906 bits per heavy atom. The summed E-state index contributed by atoms with van der Waals surface area (Å²) in [6, 6.07) is 25.4. The Hall–Kier alpha value is -3.86. The lowest BCUT2D eigenvalue weighted by molar-refractivity contribution is -0.122. The summed E-state index contributed by atoms with van der Waals surface area (Å²) in [4.78, 5) is 32.0. The standard InChI is InChI=1S/C27H22N2O3/c1-32-18-12-13-22-20(14-18)23-19(16-8-4-2-5-9-16)15-21-24(25(23)28-22)27(31)29(26(21)30)17-10-6-3-7-11-17/h2-14,19,21,24,28H,15H2,1H3/t19-,21-,24-/m1/s1. The van der Waals surface area contributed by atoms with Crippen LogP contribution in [0, 0.1) is 5.92 Å². The summed E-state index contributed by atoms with van der Waals surface area (Å²) in [6.07, 6.45) is 0.597. The number of H-pyrrole nitrogens is 1. The molecule has 0 spiro atoms. The Morgan fingerprint density at radius 3 is 2.34 bits per heavy atom. The molecule has 4 aromatic rings. The van der Waals surface area contributed by atoms with Gasteiger partial charge in [0.1, 0.15) is 5.75 Å². The molecule has 1 aliphatic carbocycles. The number of anilines is 1. The van der Waals surface area contributed by atoms with Crippen molar-refractivity contribution >= 4 is 28.4 Å². The summed E-state index contributed by atoms with van der Waals surface area (Å²) < 4.78 is 5.48. The molecule has 32 heavy (non-hydrogen) atoms. The zero-order chi connectivity index (χ0) is 21.8. The van der Waals surface area contributed by atoms with E-state index in [0.717, 1.165) is 33.5 Å². The summed E-state index contributed by atoms with van der Waals surface area (Å²) >= 11 is 0. The van der Waals surface area contributed by atoms with Crippen LogP contribution in [0.25, 0.3) is 10.9 Å². The van der Waals surface area contributed by atoms with Crippen LogP contribution in [0.2, 0.25) is 0 Å². The van der Waals surface area contributed by atoms with Gasteiger partial charge in [0.25, 0.3) is 0 Å². The lowest BCUT2D eigenvalue weighted by Gasteiger charge is -2.30. The second-order valence-electron chi connectivity index (χ2n) is 8.49. The lowest BCUT2D eigenvalue weighted by atomic mass is 9.71. The van der Waals surface area contributed by atoms with Crippen LogP contribution in [0.4, 0.5) is 5.69 Å². The second-order valence-corrected chi connectivity index (χ2v) is 8.49. The number of rotatable bonds is 3. The van der Waals surface area contributed by atoms with Gasteiger partial charge in [-0.1, -0.05) is 48.5 Å². The molecule has 1 aromatic heterocycles. The number of amides is 2. The number of hydrogen-bond acceptors (Lipinski definition) is 3. The molecule has 2 heterocycles. The van der Waals surface area contributed by atoms with Crippen molar-refractivity contribution in [2.45, 2.75) is 18.3 Å². The number of nitrogens with one attached hydrogen (secondary N) is 1. The fraction of sp³-hybridized carbons (Fsp3) is 0.185. The molecule has 1 fully saturated rings. The van der Waals surface area contributed by atoms with Gasteiger partial charge < -0.3 is 9.72 Å². The smallest absolute Gasteiger partial charge is 0.243 e. The molecule has 3 atom stereocenters. The summed E-state index contributed by atoms with van der Waals surface area (Å²) in [6.45, 7) is 0. The maximum Gasteiger partial charge on any atom is 0.243 e. The van der Waals surface area contributed by atoms with Crippen molar-refractivity contribution in [2.75, 3.05) is 12.0 Å². The van der Waals surface area contributed by atoms with Gasteiger partial charge in [-0.05, 0) is 47.9 Å². The van der Waals surface area contributed by atoms with E-state index >= 15 is 0 Å². The largest absolute Gasteiger partial charge is 0.497 e. The van der Waals surface area contributed by atoms with Gasteiger partial charge in [0.05, 0.1) is 24.6 Å². The van der Waals surface area contributed by atoms with Crippen molar-refractivity contribution in [1.82, 2.24) is 4.98 Å². The third-order valence-electron chi connectivity index (χ3n) is 6.87. The number of imide groups is 1. The zero-order valence-electron chi connectivity index (χ0n) is 17.6. The van der Waals surface area contributed by atoms with E-state index in [0.29, 0.717) is 12.1 Å².